The molecule has 1 fully saturated rings. The largest absolute Gasteiger partial charge is 0.465 e. The molecule has 0 amide bonds. The van der Waals surface area contributed by atoms with Gasteiger partial charge in [0.25, 0.3) is 0 Å². The van der Waals surface area contributed by atoms with Crippen LogP contribution < -0.4 is 0 Å². The van der Waals surface area contributed by atoms with Crippen molar-refractivity contribution in [1.82, 2.24) is 9.80 Å². The summed E-state index contributed by atoms with van der Waals surface area (Å²) in [5.74, 6) is 0.973. The summed E-state index contributed by atoms with van der Waals surface area (Å²) in [4.78, 5) is 30.6. The number of hydrogen-bond donors (Lipinski definition) is 1. The van der Waals surface area contributed by atoms with E-state index in [2.05, 4.69) is 37.5 Å². The second-order valence-electron chi connectivity index (χ2n) is 18.6. The van der Waals surface area contributed by atoms with Crippen molar-refractivity contribution in [3.63, 3.8) is 0 Å². The zero-order chi connectivity index (χ0) is 43.6. The maximum atomic E-state index is 12.8. The third-order valence-electron chi connectivity index (χ3n) is 13.0. The molecule has 0 radical (unpaired) electrons. The monoisotopic (exact) mass is 851 g/mol. The van der Waals surface area contributed by atoms with Gasteiger partial charge in [-0.05, 0) is 82.7 Å². The van der Waals surface area contributed by atoms with Gasteiger partial charge in [-0.25, -0.2) is 0 Å². The summed E-state index contributed by atoms with van der Waals surface area (Å²) in [6.45, 7) is 16.5. The normalized spacial score (nSPS) is 15.3. The minimum atomic E-state index is -0.0226. The van der Waals surface area contributed by atoms with Crippen LogP contribution in [0.5, 0.6) is 0 Å². The number of unbranched alkanes of at least 4 members (excludes halogenated alkanes) is 20. The highest BCUT2D eigenvalue weighted by molar-refractivity contribution is 5.69. The van der Waals surface area contributed by atoms with E-state index in [0.29, 0.717) is 50.5 Å². The topological polar surface area (TPSA) is 88.5 Å². The molecule has 2 unspecified atom stereocenters. The van der Waals surface area contributed by atoms with Gasteiger partial charge >= 0.3 is 11.9 Å². The minimum Gasteiger partial charge on any atom is -0.465 e. The average Bonchev–Trinajstić information content (AvgIpc) is 3.80. The maximum absolute atomic E-state index is 12.8. The van der Waals surface area contributed by atoms with Crippen LogP contribution in [0.25, 0.3) is 0 Å². The Kier molecular flexibility index (Phi) is 40.8. The number of carbonyl (C=O) groups is 2. The van der Waals surface area contributed by atoms with E-state index in [-0.39, 0.29) is 18.5 Å². The molecule has 0 aromatic heterocycles. The van der Waals surface area contributed by atoms with E-state index in [1.165, 1.54) is 154 Å². The van der Waals surface area contributed by atoms with Crippen LogP contribution in [-0.2, 0) is 23.8 Å². The predicted octanol–water partition coefficient (Wildman–Crippen LogP) is 13.3. The number of nitrogens with zero attached hydrogens (tertiary/aromatic N) is 2. The van der Waals surface area contributed by atoms with Crippen LogP contribution in [-0.4, -0.2) is 98.6 Å². The summed E-state index contributed by atoms with van der Waals surface area (Å²) in [7, 11) is 0. The van der Waals surface area contributed by atoms with Gasteiger partial charge in [-0.1, -0.05) is 169 Å². The van der Waals surface area contributed by atoms with Gasteiger partial charge in [-0.3, -0.25) is 14.5 Å². The van der Waals surface area contributed by atoms with Crippen LogP contribution in [0.3, 0.4) is 0 Å². The third kappa shape index (κ3) is 34.3. The Morgan fingerprint density at radius 3 is 1.32 bits per heavy atom. The van der Waals surface area contributed by atoms with Crippen molar-refractivity contribution in [2.45, 2.75) is 246 Å². The summed E-state index contributed by atoms with van der Waals surface area (Å²) in [5.41, 5.74) is 0. The van der Waals surface area contributed by atoms with Crippen LogP contribution in [0.4, 0.5) is 0 Å². The SMILES string of the molecule is CCCCCCCCC(CCCCCC)COC(=O)CCCCCN(CCCCCC(=O)OCC(CCCCCC)CCCCCCCC)CCN(CCO)[C@@H]1CCOC1. The highest BCUT2D eigenvalue weighted by Gasteiger charge is 2.23. The van der Waals surface area contributed by atoms with E-state index < -0.39 is 0 Å². The molecule has 60 heavy (non-hydrogen) atoms. The number of rotatable bonds is 46. The van der Waals surface area contributed by atoms with Crippen molar-refractivity contribution >= 4 is 11.9 Å². The Labute approximate surface area is 372 Å². The Hall–Kier alpha value is -1.22. The van der Waals surface area contributed by atoms with Gasteiger partial charge in [0, 0.05) is 45.1 Å². The molecular formula is C52H102N2O6. The fourth-order valence-corrected chi connectivity index (χ4v) is 8.92. The molecule has 1 heterocycles. The fourth-order valence-electron chi connectivity index (χ4n) is 8.92. The van der Waals surface area contributed by atoms with Gasteiger partial charge in [0.05, 0.1) is 26.4 Å². The molecule has 1 aliphatic heterocycles. The molecule has 1 saturated heterocycles. The molecule has 1 rings (SSSR count). The lowest BCUT2D eigenvalue weighted by Crippen LogP contribution is -2.43. The quantitative estimate of drug-likeness (QED) is 0.0479. The highest BCUT2D eigenvalue weighted by atomic mass is 16.5. The Balaban J connectivity index is 2.51. The molecular weight excluding hydrogens is 749 g/mol. The molecule has 0 saturated carbocycles. The van der Waals surface area contributed by atoms with Gasteiger partial charge in [0.15, 0.2) is 0 Å². The van der Waals surface area contributed by atoms with Crippen LogP contribution in [0.15, 0.2) is 0 Å². The molecule has 1 aliphatic rings. The molecule has 0 spiro atoms. The van der Waals surface area contributed by atoms with Gasteiger partial charge in [-0.2, -0.15) is 0 Å². The van der Waals surface area contributed by atoms with E-state index in [9.17, 15) is 14.7 Å². The second kappa shape index (κ2) is 43.1. The van der Waals surface area contributed by atoms with E-state index in [4.69, 9.17) is 14.2 Å². The smallest absolute Gasteiger partial charge is 0.305 e. The zero-order valence-corrected chi connectivity index (χ0v) is 40.5. The van der Waals surface area contributed by atoms with Gasteiger partial charge in [-0.15, -0.1) is 0 Å². The lowest BCUT2D eigenvalue weighted by atomic mass is 9.95. The lowest BCUT2D eigenvalue weighted by molar-refractivity contribution is -0.146. The van der Waals surface area contributed by atoms with Crippen molar-refractivity contribution in [2.75, 3.05) is 65.8 Å². The van der Waals surface area contributed by atoms with Crippen molar-refractivity contribution in [3.05, 3.63) is 0 Å². The van der Waals surface area contributed by atoms with Crippen LogP contribution >= 0.6 is 0 Å². The number of aliphatic hydroxyl groups excluding tert-OH is 1. The number of esters is 2. The molecule has 0 aromatic rings. The Morgan fingerprint density at radius 1 is 0.517 bits per heavy atom. The summed E-state index contributed by atoms with van der Waals surface area (Å²) >= 11 is 0. The molecule has 8 nitrogen and oxygen atoms in total. The highest BCUT2D eigenvalue weighted by Crippen LogP contribution is 2.22. The molecule has 1 N–H and O–H groups in total. The summed E-state index contributed by atoms with van der Waals surface area (Å²) in [6.07, 6.45) is 38.6. The van der Waals surface area contributed by atoms with Crippen molar-refractivity contribution in [1.29, 1.82) is 0 Å². The molecule has 8 heteroatoms. The standard InChI is InChI=1S/C52H102N2O6/c1-5-9-13-17-19-25-33-48(31-23-15-11-7-3)45-59-51(56)35-27-21-29-38-53(40-41-54(42-43-55)50-37-44-58-47-50)39-30-22-28-36-52(57)60-46-49(32-24-16-12-8-4)34-26-20-18-14-10-6-2/h48-50,55H,5-47H2,1-4H3/t48?,49?,50-/m1/s1. The number of ether oxygens (including phenoxy) is 3. The van der Waals surface area contributed by atoms with Gasteiger partial charge in [0.1, 0.15) is 0 Å². The van der Waals surface area contributed by atoms with Gasteiger partial charge in [0.2, 0.25) is 0 Å². The molecule has 356 valence electrons. The van der Waals surface area contributed by atoms with Crippen molar-refractivity contribution in [2.24, 2.45) is 11.8 Å². The molecule has 0 aliphatic carbocycles. The van der Waals surface area contributed by atoms with E-state index in [1.807, 2.05) is 0 Å². The molecule has 0 bridgehead atoms. The zero-order valence-electron chi connectivity index (χ0n) is 40.5. The van der Waals surface area contributed by atoms with Gasteiger partial charge < -0.3 is 24.2 Å². The first kappa shape index (κ1) is 56.8. The van der Waals surface area contributed by atoms with Crippen LogP contribution in [0.1, 0.15) is 240 Å². The predicted molar refractivity (Wildman–Crippen MR) is 254 cm³/mol. The number of aliphatic hydroxyl groups is 1. The molecule has 3 atom stereocenters. The summed E-state index contributed by atoms with van der Waals surface area (Å²) < 4.78 is 17.4. The number of hydrogen-bond acceptors (Lipinski definition) is 8. The van der Waals surface area contributed by atoms with E-state index >= 15 is 0 Å². The first-order valence-electron chi connectivity index (χ1n) is 26.4. The van der Waals surface area contributed by atoms with E-state index in [0.717, 1.165) is 84.3 Å². The summed E-state index contributed by atoms with van der Waals surface area (Å²) in [5, 5.41) is 9.78. The Bertz CT molecular complexity index is 872. The van der Waals surface area contributed by atoms with Crippen LogP contribution in [0, 0.1) is 11.8 Å². The first-order valence-corrected chi connectivity index (χ1v) is 26.4. The minimum absolute atomic E-state index is 0.0226. The fraction of sp³-hybridized carbons (Fsp3) is 0.962. The molecule has 0 aromatic carbocycles. The average molecular weight is 851 g/mol. The first-order chi connectivity index (χ1) is 29.5. The van der Waals surface area contributed by atoms with E-state index in [1.54, 1.807) is 0 Å². The van der Waals surface area contributed by atoms with Crippen molar-refractivity contribution in [3.8, 4) is 0 Å². The second-order valence-corrected chi connectivity index (χ2v) is 18.6. The third-order valence-corrected chi connectivity index (χ3v) is 13.0. The van der Waals surface area contributed by atoms with Crippen molar-refractivity contribution < 1.29 is 28.9 Å². The maximum Gasteiger partial charge on any atom is 0.305 e. The van der Waals surface area contributed by atoms with Crippen LogP contribution in [0.2, 0.25) is 0 Å². The summed E-state index contributed by atoms with van der Waals surface area (Å²) in [6, 6.07) is 0.388. The number of carbonyl (C=O) groups excluding carboxylic acids is 2. The Morgan fingerprint density at radius 2 is 0.917 bits per heavy atom. The lowest BCUT2D eigenvalue weighted by Gasteiger charge is -2.30.